The molecular formula is C13H24N2O3. The van der Waals surface area contributed by atoms with Gasteiger partial charge in [0.2, 0.25) is 5.91 Å². The van der Waals surface area contributed by atoms with Gasteiger partial charge in [0, 0.05) is 7.05 Å². The van der Waals surface area contributed by atoms with Crippen LogP contribution in [-0.4, -0.2) is 31.1 Å². The van der Waals surface area contributed by atoms with Crippen LogP contribution in [0, 0.1) is 17.8 Å². The molecule has 0 fully saturated rings. The van der Waals surface area contributed by atoms with Crippen molar-refractivity contribution in [1.82, 2.24) is 5.32 Å². The van der Waals surface area contributed by atoms with Crippen LogP contribution in [0.3, 0.4) is 0 Å². The fourth-order valence-electron chi connectivity index (χ4n) is 2.07. The summed E-state index contributed by atoms with van der Waals surface area (Å²) in [7, 11) is 1.48. The van der Waals surface area contributed by atoms with Gasteiger partial charge in [0.25, 0.3) is 0 Å². The molecule has 3 N–H and O–H groups in total. The van der Waals surface area contributed by atoms with Crippen LogP contribution in [0.5, 0.6) is 0 Å². The number of nitrogens with two attached hydrogens (primary N) is 1. The monoisotopic (exact) mass is 256 g/mol. The smallest absolute Gasteiger partial charge is 0.223 e. The van der Waals surface area contributed by atoms with E-state index in [0.717, 1.165) is 12.8 Å². The number of amides is 1. The van der Waals surface area contributed by atoms with Gasteiger partial charge in [-0.25, -0.2) is 0 Å². The number of nitrogens with one attached hydrogen (secondary N) is 1. The van der Waals surface area contributed by atoms with Crippen LogP contribution >= 0.6 is 0 Å². The molecule has 0 rings (SSSR count). The predicted molar refractivity (Wildman–Crippen MR) is 69.8 cm³/mol. The highest BCUT2D eigenvalue weighted by atomic mass is 16.2. The largest absolute Gasteiger partial charge is 0.359 e. The van der Waals surface area contributed by atoms with Crippen molar-refractivity contribution < 1.29 is 14.4 Å². The molecule has 0 saturated carbocycles. The van der Waals surface area contributed by atoms with Gasteiger partial charge in [0.1, 0.15) is 6.29 Å². The molecule has 1 amide bonds. The molecule has 0 aliphatic rings. The molecule has 0 aliphatic carbocycles. The molecule has 0 aromatic heterocycles. The normalized spacial score (nSPS) is 15.9. The van der Waals surface area contributed by atoms with E-state index < -0.39 is 17.9 Å². The molecular weight excluding hydrogens is 232 g/mol. The summed E-state index contributed by atoms with van der Waals surface area (Å²) in [6, 6.07) is -0.678. The Bertz CT molecular complexity index is 301. The van der Waals surface area contributed by atoms with Crippen molar-refractivity contribution in [3.05, 3.63) is 0 Å². The van der Waals surface area contributed by atoms with Crippen LogP contribution in [0.2, 0.25) is 0 Å². The van der Waals surface area contributed by atoms with E-state index in [1.807, 2.05) is 13.8 Å². The summed E-state index contributed by atoms with van der Waals surface area (Å²) in [6.07, 6.45) is 2.09. The Hall–Kier alpha value is -1.23. The molecule has 0 aliphatic heterocycles. The molecule has 0 heterocycles. The van der Waals surface area contributed by atoms with E-state index in [-0.39, 0.29) is 17.6 Å². The minimum atomic E-state index is -0.958. The van der Waals surface area contributed by atoms with Crippen LogP contribution in [-0.2, 0) is 14.4 Å². The van der Waals surface area contributed by atoms with Gasteiger partial charge in [-0.3, -0.25) is 9.59 Å². The molecule has 5 heteroatoms. The van der Waals surface area contributed by atoms with Crippen molar-refractivity contribution in [3.63, 3.8) is 0 Å². The van der Waals surface area contributed by atoms with Crippen molar-refractivity contribution in [3.8, 4) is 0 Å². The predicted octanol–water partition coefficient (Wildman–Crippen LogP) is 0.516. The number of rotatable bonds is 8. The lowest BCUT2D eigenvalue weighted by atomic mass is 9.82. The second kappa shape index (κ2) is 7.97. The average Bonchev–Trinajstić information content (AvgIpc) is 2.39. The van der Waals surface area contributed by atoms with Gasteiger partial charge >= 0.3 is 0 Å². The summed E-state index contributed by atoms with van der Waals surface area (Å²) in [5.41, 5.74) is 5.90. The summed E-state index contributed by atoms with van der Waals surface area (Å²) in [5, 5.41) is 2.44. The minimum absolute atomic E-state index is 0.0526. The van der Waals surface area contributed by atoms with Crippen molar-refractivity contribution in [2.75, 3.05) is 7.05 Å². The number of aldehydes is 1. The molecule has 5 nitrogen and oxygen atoms in total. The van der Waals surface area contributed by atoms with Crippen molar-refractivity contribution in [2.24, 2.45) is 23.5 Å². The van der Waals surface area contributed by atoms with Gasteiger partial charge in [-0.1, -0.05) is 33.6 Å². The lowest BCUT2D eigenvalue weighted by molar-refractivity contribution is -0.137. The zero-order chi connectivity index (χ0) is 14.3. The SMILES string of the molecule is CCC(CC)C(N)C(=O)C(C=O)C(C)C(=O)NC. The third-order valence-electron chi connectivity index (χ3n) is 3.56. The zero-order valence-corrected chi connectivity index (χ0v) is 11.6. The second-order valence-electron chi connectivity index (χ2n) is 4.57. The van der Waals surface area contributed by atoms with E-state index >= 15 is 0 Å². The van der Waals surface area contributed by atoms with Crippen LogP contribution in [0.1, 0.15) is 33.6 Å². The first-order valence-electron chi connectivity index (χ1n) is 6.40. The highest BCUT2D eigenvalue weighted by Crippen LogP contribution is 2.19. The second-order valence-corrected chi connectivity index (χ2v) is 4.57. The van der Waals surface area contributed by atoms with Gasteiger partial charge in [-0.05, 0) is 5.92 Å². The summed E-state index contributed by atoms with van der Waals surface area (Å²) in [5.74, 6) is -2.25. The summed E-state index contributed by atoms with van der Waals surface area (Å²) in [6.45, 7) is 5.48. The number of ketones is 1. The zero-order valence-electron chi connectivity index (χ0n) is 11.6. The summed E-state index contributed by atoms with van der Waals surface area (Å²) < 4.78 is 0. The highest BCUT2D eigenvalue weighted by molar-refractivity contribution is 6.01. The van der Waals surface area contributed by atoms with Crippen molar-refractivity contribution in [1.29, 1.82) is 0 Å². The average molecular weight is 256 g/mol. The Labute approximate surface area is 108 Å². The Kier molecular flexibility index (Phi) is 7.43. The first-order valence-corrected chi connectivity index (χ1v) is 6.40. The molecule has 0 aromatic rings. The third-order valence-corrected chi connectivity index (χ3v) is 3.56. The summed E-state index contributed by atoms with van der Waals surface area (Å²) in [4.78, 5) is 34.7. The highest BCUT2D eigenvalue weighted by Gasteiger charge is 2.34. The molecule has 0 bridgehead atoms. The van der Waals surface area contributed by atoms with Gasteiger partial charge in [-0.2, -0.15) is 0 Å². The molecule has 0 saturated heterocycles. The van der Waals surface area contributed by atoms with E-state index in [1.54, 1.807) is 6.92 Å². The number of hydrogen-bond donors (Lipinski definition) is 2. The maximum Gasteiger partial charge on any atom is 0.223 e. The first kappa shape index (κ1) is 16.8. The molecule has 18 heavy (non-hydrogen) atoms. The Morgan fingerprint density at radius 1 is 1.28 bits per heavy atom. The van der Waals surface area contributed by atoms with Crippen molar-refractivity contribution in [2.45, 2.75) is 39.7 Å². The maximum absolute atomic E-state index is 12.2. The molecule has 104 valence electrons. The Morgan fingerprint density at radius 3 is 2.11 bits per heavy atom. The lowest BCUT2D eigenvalue weighted by Crippen LogP contribution is -2.46. The van der Waals surface area contributed by atoms with E-state index in [1.165, 1.54) is 7.05 Å². The third kappa shape index (κ3) is 3.91. The van der Waals surface area contributed by atoms with E-state index in [9.17, 15) is 14.4 Å². The first-order chi connectivity index (χ1) is 8.44. The van der Waals surface area contributed by atoms with Crippen LogP contribution in [0.25, 0.3) is 0 Å². The van der Waals surface area contributed by atoms with Gasteiger partial charge in [0.15, 0.2) is 5.78 Å². The van der Waals surface area contributed by atoms with Gasteiger partial charge < -0.3 is 15.8 Å². The molecule has 0 spiro atoms. The molecule has 0 radical (unpaired) electrons. The Morgan fingerprint density at radius 2 is 1.78 bits per heavy atom. The van der Waals surface area contributed by atoms with E-state index in [4.69, 9.17) is 5.73 Å². The minimum Gasteiger partial charge on any atom is -0.359 e. The number of carbonyl (C=O) groups excluding carboxylic acids is 3. The van der Waals surface area contributed by atoms with Gasteiger partial charge in [-0.15, -0.1) is 0 Å². The number of Topliss-reactive ketones (excluding diaryl/α,β-unsaturated/α-hetero) is 1. The van der Waals surface area contributed by atoms with E-state index in [0.29, 0.717) is 6.29 Å². The molecule has 3 unspecified atom stereocenters. The lowest BCUT2D eigenvalue weighted by Gasteiger charge is -2.24. The fourth-order valence-corrected chi connectivity index (χ4v) is 2.07. The maximum atomic E-state index is 12.2. The fraction of sp³-hybridized carbons (Fsp3) is 0.769. The standard InChI is InChI=1S/C13H24N2O3/c1-5-9(6-2)11(14)12(17)10(7-16)8(3)13(18)15-4/h7-11H,5-6,14H2,1-4H3,(H,15,18). The Balaban J connectivity index is 4.90. The van der Waals surface area contributed by atoms with E-state index in [2.05, 4.69) is 5.32 Å². The van der Waals surface area contributed by atoms with Gasteiger partial charge in [0.05, 0.1) is 17.9 Å². The number of hydrogen-bond acceptors (Lipinski definition) is 4. The molecule has 0 aromatic carbocycles. The topological polar surface area (TPSA) is 89.3 Å². The summed E-state index contributed by atoms with van der Waals surface area (Å²) >= 11 is 0. The van der Waals surface area contributed by atoms with Crippen LogP contribution in [0.4, 0.5) is 0 Å². The molecule has 3 atom stereocenters. The van der Waals surface area contributed by atoms with Crippen LogP contribution in [0.15, 0.2) is 0 Å². The van der Waals surface area contributed by atoms with Crippen molar-refractivity contribution >= 4 is 18.0 Å². The van der Waals surface area contributed by atoms with Crippen LogP contribution < -0.4 is 11.1 Å². The quantitative estimate of drug-likeness (QED) is 0.489. The number of carbonyl (C=O) groups is 3.